The Bertz CT molecular complexity index is 422. The first-order valence-electron chi connectivity index (χ1n) is 6.06. The van der Waals surface area contributed by atoms with Crippen LogP contribution in [0.25, 0.3) is 0 Å². The minimum absolute atomic E-state index is 0.611. The molecule has 1 aromatic carbocycles. The topological polar surface area (TPSA) is 15.3 Å². The monoisotopic (exact) mass is 302 g/mol. The summed E-state index contributed by atoms with van der Waals surface area (Å²) in [4.78, 5) is 2.20. The fourth-order valence-corrected chi connectivity index (χ4v) is 2.87. The van der Waals surface area contributed by atoms with Gasteiger partial charge >= 0.3 is 0 Å². The number of piperidine rings is 1. The molecule has 2 rings (SSSR count). The average molecular weight is 303 g/mol. The van der Waals surface area contributed by atoms with Crippen LogP contribution in [0.15, 0.2) is 18.2 Å². The SMILES string of the molecule is CC1CCN(C(=S)Nc2cc(Cl)cc(Cl)c2)CC1. The highest BCUT2D eigenvalue weighted by atomic mass is 35.5. The van der Waals surface area contributed by atoms with Crippen LogP contribution in [-0.2, 0) is 0 Å². The van der Waals surface area contributed by atoms with Crippen molar-refractivity contribution in [2.75, 3.05) is 18.4 Å². The molecule has 18 heavy (non-hydrogen) atoms. The van der Waals surface area contributed by atoms with Gasteiger partial charge < -0.3 is 10.2 Å². The van der Waals surface area contributed by atoms with E-state index in [4.69, 9.17) is 35.4 Å². The van der Waals surface area contributed by atoms with Gasteiger partial charge in [-0.25, -0.2) is 0 Å². The second kappa shape index (κ2) is 6.09. The van der Waals surface area contributed by atoms with Crippen molar-refractivity contribution in [1.82, 2.24) is 4.90 Å². The predicted molar refractivity (Wildman–Crippen MR) is 82.7 cm³/mol. The molecule has 0 radical (unpaired) electrons. The summed E-state index contributed by atoms with van der Waals surface area (Å²) in [6, 6.07) is 5.36. The third kappa shape index (κ3) is 3.74. The maximum absolute atomic E-state index is 5.96. The molecule has 0 aromatic heterocycles. The van der Waals surface area contributed by atoms with Crippen LogP contribution >= 0.6 is 35.4 Å². The van der Waals surface area contributed by atoms with Crippen LogP contribution in [0.1, 0.15) is 19.8 Å². The van der Waals surface area contributed by atoms with Gasteiger partial charge in [-0.2, -0.15) is 0 Å². The zero-order valence-corrected chi connectivity index (χ0v) is 12.6. The van der Waals surface area contributed by atoms with Gasteiger partial charge in [0.15, 0.2) is 5.11 Å². The van der Waals surface area contributed by atoms with Gasteiger partial charge in [0, 0.05) is 28.8 Å². The number of anilines is 1. The van der Waals surface area contributed by atoms with Crippen LogP contribution in [-0.4, -0.2) is 23.1 Å². The van der Waals surface area contributed by atoms with Gasteiger partial charge in [0.2, 0.25) is 0 Å². The van der Waals surface area contributed by atoms with Gasteiger partial charge in [-0.15, -0.1) is 0 Å². The number of nitrogens with one attached hydrogen (secondary N) is 1. The molecule has 0 atom stereocenters. The van der Waals surface area contributed by atoms with Crippen molar-refractivity contribution in [3.8, 4) is 0 Å². The van der Waals surface area contributed by atoms with E-state index in [0.717, 1.165) is 29.8 Å². The van der Waals surface area contributed by atoms with Crippen LogP contribution in [0.4, 0.5) is 5.69 Å². The molecule has 1 aliphatic heterocycles. The van der Waals surface area contributed by atoms with Gasteiger partial charge in [-0.05, 0) is 49.2 Å². The summed E-state index contributed by atoms with van der Waals surface area (Å²) in [7, 11) is 0. The van der Waals surface area contributed by atoms with Crippen molar-refractivity contribution in [2.24, 2.45) is 5.92 Å². The molecule has 98 valence electrons. The molecule has 1 heterocycles. The second-order valence-corrected chi connectivity index (χ2v) is 6.02. The lowest BCUT2D eigenvalue weighted by molar-refractivity contribution is 0.283. The molecule has 2 nitrogen and oxygen atoms in total. The molecule has 0 aliphatic carbocycles. The fraction of sp³-hybridized carbons (Fsp3) is 0.462. The number of rotatable bonds is 1. The third-order valence-corrected chi connectivity index (χ3v) is 3.98. The fourth-order valence-electron chi connectivity index (χ4n) is 2.04. The predicted octanol–water partition coefficient (Wildman–Crippen LogP) is 4.42. The lowest BCUT2D eigenvalue weighted by Gasteiger charge is -2.32. The highest BCUT2D eigenvalue weighted by molar-refractivity contribution is 7.80. The van der Waals surface area contributed by atoms with Crippen molar-refractivity contribution < 1.29 is 0 Å². The van der Waals surface area contributed by atoms with Crippen LogP contribution in [0.2, 0.25) is 10.0 Å². The normalized spacial score (nSPS) is 16.7. The van der Waals surface area contributed by atoms with E-state index < -0.39 is 0 Å². The standard InChI is InChI=1S/C13H16Cl2N2S/c1-9-2-4-17(5-3-9)13(18)16-12-7-10(14)6-11(15)8-12/h6-9H,2-5H2,1H3,(H,16,18). The Kier molecular flexibility index (Phi) is 4.71. The molecule has 1 aliphatic rings. The largest absolute Gasteiger partial charge is 0.349 e. The Labute approximate surface area is 123 Å². The minimum Gasteiger partial charge on any atom is -0.349 e. The number of thiocarbonyl (C=S) groups is 1. The summed E-state index contributed by atoms with van der Waals surface area (Å²) in [5, 5.41) is 5.17. The lowest BCUT2D eigenvalue weighted by atomic mass is 10.00. The maximum atomic E-state index is 5.96. The van der Waals surface area contributed by atoms with Gasteiger partial charge in [0.05, 0.1) is 0 Å². The van der Waals surface area contributed by atoms with Gasteiger partial charge in [-0.1, -0.05) is 30.1 Å². The zero-order chi connectivity index (χ0) is 13.1. The summed E-state index contributed by atoms with van der Waals surface area (Å²) >= 11 is 17.3. The van der Waals surface area contributed by atoms with E-state index in [-0.39, 0.29) is 0 Å². The molecule has 0 saturated carbocycles. The minimum atomic E-state index is 0.611. The van der Waals surface area contributed by atoms with Gasteiger partial charge in [0.25, 0.3) is 0 Å². The number of benzene rings is 1. The van der Waals surface area contributed by atoms with Crippen LogP contribution in [0.3, 0.4) is 0 Å². The van der Waals surface area contributed by atoms with E-state index in [0.29, 0.717) is 10.0 Å². The number of hydrogen-bond acceptors (Lipinski definition) is 1. The summed E-state index contributed by atoms with van der Waals surface area (Å²) < 4.78 is 0. The molecule has 5 heteroatoms. The molecular weight excluding hydrogens is 287 g/mol. The van der Waals surface area contributed by atoms with E-state index >= 15 is 0 Å². The lowest BCUT2D eigenvalue weighted by Crippen LogP contribution is -2.40. The van der Waals surface area contributed by atoms with E-state index in [1.807, 2.05) is 12.1 Å². The van der Waals surface area contributed by atoms with Gasteiger partial charge in [-0.3, -0.25) is 0 Å². The number of halogens is 2. The van der Waals surface area contributed by atoms with Crippen molar-refractivity contribution in [3.63, 3.8) is 0 Å². The Hall–Kier alpha value is -0.510. The maximum Gasteiger partial charge on any atom is 0.173 e. The molecule has 1 saturated heterocycles. The Morgan fingerprint density at radius 3 is 2.33 bits per heavy atom. The second-order valence-electron chi connectivity index (χ2n) is 4.76. The average Bonchev–Trinajstić information content (AvgIpc) is 2.28. The number of likely N-dealkylation sites (tertiary alicyclic amines) is 1. The molecule has 0 unspecified atom stereocenters. The Morgan fingerprint density at radius 2 is 1.78 bits per heavy atom. The number of nitrogens with zero attached hydrogens (tertiary/aromatic N) is 1. The highest BCUT2D eigenvalue weighted by Crippen LogP contribution is 2.23. The molecule has 1 fully saturated rings. The van der Waals surface area contributed by atoms with Crippen molar-refractivity contribution in [3.05, 3.63) is 28.2 Å². The van der Waals surface area contributed by atoms with E-state index in [1.54, 1.807) is 6.07 Å². The first-order chi connectivity index (χ1) is 8.54. The molecule has 1 N–H and O–H groups in total. The summed E-state index contributed by atoms with van der Waals surface area (Å²) in [5.41, 5.74) is 0.844. The summed E-state index contributed by atoms with van der Waals surface area (Å²) in [5.74, 6) is 0.796. The van der Waals surface area contributed by atoms with Crippen LogP contribution < -0.4 is 5.32 Å². The van der Waals surface area contributed by atoms with Crippen molar-refractivity contribution >= 4 is 46.2 Å². The molecule has 1 aromatic rings. The molecule has 0 bridgehead atoms. The van der Waals surface area contributed by atoms with Crippen LogP contribution in [0.5, 0.6) is 0 Å². The number of hydrogen-bond donors (Lipinski definition) is 1. The van der Waals surface area contributed by atoms with E-state index in [1.165, 1.54) is 12.8 Å². The highest BCUT2D eigenvalue weighted by Gasteiger charge is 2.17. The first kappa shape index (κ1) is 13.9. The molecule has 0 amide bonds. The van der Waals surface area contributed by atoms with E-state index in [9.17, 15) is 0 Å². The Morgan fingerprint density at radius 1 is 1.22 bits per heavy atom. The first-order valence-corrected chi connectivity index (χ1v) is 7.23. The van der Waals surface area contributed by atoms with Crippen molar-refractivity contribution in [2.45, 2.75) is 19.8 Å². The zero-order valence-electron chi connectivity index (χ0n) is 10.2. The molecular formula is C13H16Cl2N2S. The summed E-state index contributed by atoms with van der Waals surface area (Å²) in [6.45, 7) is 4.31. The quantitative estimate of drug-likeness (QED) is 0.773. The summed E-state index contributed by atoms with van der Waals surface area (Å²) in [6.07, 6.45) is 2.39. The Balaban J connectivity index is 1.98. The van der Waals surface area contributed by atoms with E-state index in [2.05, 4.69) is 17.1 Å². The van der Waals surface area contributed by atoms with Crippen molar-refractivity contribution in [1.29, 1.82) is 0 Å². The molecule has 0 spiro atoms. The smallest absolute Gasteiger partial charge is 0.173 e. The van der Waals surface area contributed by atoms with Gasteiger partial charge in [0.1, 0.15) is 0 Å². The van der Waals surface area contributed by atoms with Crippen LogP contribution in [0, 0.1) is 5.92 Å². The third-order valence-electron chi connectivity index (χ3n) is 3.18.